The second kappa shape index (κ2) is 6.59. The molecule has 1 aromatic carbocycles. The van der Waals surface area contributed by atoms with Crippen molar-refractivity contribution < 1.29 is 9.21 Å². The molecule has 0 unspecified atom stereocenters. The van der Waals surface area contributed by atoms with Crippen LogP contribution in [0.25, 0.3) is 11.0 Å². The smallest absolute Gasteiger partial charge is 0.297 e. The van der Waals surface area contributed by atoms with Crippen LogP contribution in [0.15, 0.2) is 58.0 Å². The van der Waals surface area contributed by atoms with Gasteiger partial charge in [-0.3, -0.25) is 19.5 Å². The third kappa shape index (κ3) is 2.67. The fourth-order valence-corrected chi connectivity index (χ4v) is 4.40. The van der Waals surface area contributed by atoms with Crippen LogP contribution in [0.1, 0.15) is 52.5 Å². The lowest BCUT2D eigenvalue weighted by molar-refractivity contribution is 0.0970. The predicted octanol–water partition coefficient (Wildman–Crippen LogP) is 3.91. The maximum absolute atomic E-state index is 13.4. The number of para-hydroxylation sites is 1. The van der Waals surface area contributed by atoms with Crippen LogP contribution in [0.5, 0.6) is 0 Å². The number of anilines is 1. The Morgan fingerprint density at radius 1 is 1.10 bits per heavy atom. The monoisotopic (exact) mass is 404 g/mol. The molecule has 0 aliphatic carbocycles. The minimum absolute atomic E-state index is 0.0452. The molecule has 0 fully saturated rings. The standard InChI is InChI=1S/C21H16N4O3S/c1-11(2)19-23-24-21(29-19)25-16(12-6-5-9-22-10-12)15-17(26)13-7-3-4-8-14(13)28-18(15)20(25)27/h3-11,16H,1-2H3/t16-/m1/s1. The van der Waals surface area contributed by atoms with Crippen LogP contribution < -0.4 is 10.3 Å². The van der Waals surface area contributed by atoms with E-state index in [1.54, 1.807) is 42.7 Å². The number of carbonyl (C=O) groups excluding carboxylic acids is 1. The van der Waals surface area contributed by atoms with E-state index in [1.165, 1.54) is 16.2 Å². The number of rotatable bonds is 3. The molecule has 0 bridgehead atoms. The minimum Gasteiger partial charge on any atom is -0.450 e. The molecule has 0 radical (unpaired) electrons. The quantitative estimate of drug-likeness (QED) is 0.514. The molecule has 144 valence electrons. The number of carbonyl (C=O) groups is 1. The summed E-state index contributed by atoms with van der Waals surface area (Å²) in [5.41, 5.74) is 1.18. The summed E-state index contributed by atoms with van der Waals surface area (Å²) in [6.45, 7) is 4.03. The Kier molecular flexibility index (Phi) is 4.02. The van der Waals surface area contributed by atoms with E-state index < -0.39 is 11.9 Å². The van der Waals surface area contributed by atoms with E-state index in [1.807, 2.05) is 19.9 Å². The Labute approximate surface area is 169 Å². The van der Waals surface area contributed by atoms with Gasteiger partial charge in [0, 0.05) is 18.3 Å². The lowest BCUT2D eigenvalue weighted by atomic mass is 10.0. The lowest BCUT2D eigenvalue weighted by Gasteiger charge is -2.21. The molecule has 1 atom stereocenters. The van der Waals surface area contributed by atoms with Gasteiger partial charge in [-0.15, -0.1) is 10.2 Å². The third-order valence-electron chi connectivity index (χ3n) is 4.91. The molecule has 29 heavy (non-hydrogen) atoms. The second-order valence-corrected chi connectivity index (χ2v) is 8.10. The van der Waals surface area contributed by atoms with Crippen LogP contribution >= 0.6 is 11.3 Å². The molecule has 5 rings (SSSR count). The number of fused-ring (bicyclic) bond motifs is 2. The molecule has 0 N–H and O–H groups in total. The van der Waals surface area contributed by atoms with Crippen LogP contribution in [0.3, 0.4) is 0 Å². The Morgan fingerprint density at radius 2 is 1.93 bits per heavy atom. The first-order valence-electron chi connectivity index (χ1n) is 9.19. The number of amides is 1. The summed E-state index contributed by atoms with van der Waals surface area (Å²) in [5.74, 6) is -0.174. The fraction of sp³-hybridized carbons (Fsp3) is 0.190. The number of hydrogen-bond acceptors (Lipinski definition) is 7. The van der Waals surface area contributed by atoms with Gasteiger partial charge in [0.05, 0.1) is 17.0 Å². The zero-order valence-electron chi connectivity index (χ0n) is 15.7. The molecule has 1 amide bonds. The van der Waals surface area contributed by atoms with E-state index >= 15 is 0 Å². The normalized spacial score (nSPS) is 16.0. The van der Waals surface area contributed by atoms with Crippen molar-refractivity contribution in [2.24, 2.45) is 0 Å². The molecule has 0 saturated carbocycles. The highest BCUT2D eigenvalue weighted by molar-refractivity contribution is 7.15. The van der Waals surface area contributed by atoms with Crippen molar-refractivity contribution in [1.82, 2.24) is 15.2 Å². The largest absolute Gasteiger partial charge is 0.450 e. The Bertz CT molecular complexity index is 1300. The number of benzene rings is 1. The SMILES string of the molecule is CC(C)c1nnc(N2C(=O)c3oc4ccccc4c(=O)c3[C@H]2c2cccnc2)s1. The topological polar surface area (TPSA) is 89.2 Å². The van der Waals surface area contributed by atoms with Gasteiger partial charge in [-0.1, -0.05) is 43.4 Å². The summed E-state index contributed by atoms with van der Waals surface area (Å²) < 4.78 is 5.90. The van der Waals surface area contributed by atoms with Crippen molar-refractivity contribution in [2.45, 2.75) is 25.8 Å². The van der Waals surface area contributed by atoms with Gasteiger partial charge in [0.1, 0.15) is 10.6 Å². The molecule has 0 saturated heterocycles. The molecule has 7 nitrogen and oxygen atoms in total. The first-order chi connectivity index (χ1) is 14.1. The van der Waals surface area contributed by atoms with Gasteiger partial charge in [-0.05, 0) is 23.8 Å². The predicted molar refractivity (Wildman–Crippen MR) is 109 cm³/mol. The maximum Gasteiger partial charge on any atom is 0.297 e. The van der Waals surface area contributed by atoms with Gasteiger partial charge in [0.2, 0.25) is 10.9 Å². The Hall–Kier alpha value is -3.39. The number of pyridine rings is 1. The average Bonchev–Trinajstić information content (AvgIpc) is 3.33. The van der Waals surface area contributed by atoms with Crippen molar-refractivity contribution in [3.05, 3.63) is 80.9 Å². The van der Waals surface area contributed by atoms with Gasteiger partial charge in [0.25, 0.3) is 5.91 Å². The number of aromatic nitrogens is 3. The van der Waals surface area contributed by atoms with E-state index in [2.05, 4.69) is 15.2 Å². The summed E-state index contributed by atoms with van der Waals surface area (Å²) >= 11 is 1.34. The van der Waals surface area contributed by atoms with Crippen molar-refractivity contribution in [2.75, 3.05) is 4.90 Å². The van der Waals surface area contributed by atoms with Crippen molar-refractivity contribution in [1.29, 1.82) is 0 Å². The fourth-order valence-electron chi connectivity index (χ4n) is 3.53. The zero-order chi connectivity index (χ0) is 20.1. The van der Waals surface area contributed by atoms with E-state index in [-0.39, 0.29) is 17.1 Å². The summed E-state index contributed by atoms with van der Waals surface area (Å²) in [6.07, 6.45) is 3.30. The molecule has 4 aromatic rings. The first kappa shape index (κ1) is 17.7. The zero-order valence-corrected chi connectivity index (χ0v) is 16.5. The summed E-state index contributed by atoms with van der Waals surface area (Å²) in [4.78, 5) is 32.4. The Morgan fingerprint density at radius 3 is 2.66 bits per heavy atom. The van der Waals surface area contributed by atoms with Gasteiger partial charge in [-0.2, -0.15) is 0 Å². The molecular weight excluding hydrogens is 388 g/mol. The van der Waals surface area contributed by atoms with Gasteiger partial charge in [-0.25, -0.2) is 0 Å². The van der Waals surface area contributed by atoms with Gasteiger partial charge < -0.3 is 4.42 Å². The minimum atomic E-state index is -0.667. The lowest BCUT2D eigenvalue weighted by Crippen LogP contribution is -2.29. The third-order valence-corrected chi connectivity index (χ3v) is 6.13. The van der Waals surface area contributed by atoms with Crippen LogP contribution in [0.4, 0.5) is 5.13 Å². The Balaban J connectivity index is 1.78. The van der Waals surface area contributed by atoms with E-state index in [0.29, 0.717) is 27.2 Å². The molecule has 4 heterocycles. The van der Waals surface area contributed by atoms with Crippen LogP contribution in [0.2, 0.25) is 0 Å². The summed E-state index contributed by atoms with van der Waals surface area (Å²) in [6, 6.07) is 9.89. The number of hydrogen-bond donors (Lipinski definition) is 0. The molecule has 1 aliphatic rings. The van der Waals surface area contributed by atoms with E-state index in [4.69, 9.17) is 4.42 Å². The second-order valence-electron chi connectivity index (χ2n) is 7.11. The van der Waals surface area contributed by atoms with Gasteiger partial charge in [0.15, 0.2) is 5.43 Å². The first-order valence-corrected chi connectivity index (χ1v) is 10.0. The maximum atomic E-state index is 13.4. The van der Waals surface area contributed by atoms with E-state index in [0.717, 1.165) is 5.01 Å². The highest BCUT2D eigenvalue weighted by Crippen LogP contribution is 2.42. The van der Waals surface area contributed by atoms with Crippen LogP contribution in [0, 0.1) is 0 Å². The highest BCUT2D eigenvalue weighted by atomic mass is 32.1. The molecular formula is C21H16N4O3S. The molecule has 1 aliphatic heterocycles. The number of nitrogens with zero attached hydrogens (tertiary/aromatic N) is 4. The van der Waals surface area contributed by atoms with Crippen LogP contribution in [-0.4, -0.2) is 21.1 Å². The van der Waals surface area contributed by atoms with E-state index in [9.17, 15) is 9.59 Å². The molecule has 0 spiro atoms. The summed E-state index contributed by atoms with van der Waals surface area (Å²) in [5, 5.41) is 10.1. The van der Waals surface area contributed by atoms with Crippen molar-refractivity contribution in [3.63, 3.8) is 0 Å². The van der Waals surface area contributed by atoms with Gasteiger partial charge >= 0.3 is 0 Å². The van der Waals surface area contributed by atoms with Crippen molar-refractivity contribution in [3.8, 4) is 0 Å². The molecule has 8 heteroatoms. The highest BCUT2D eigenvalue weighted by Gasteiger charge is 2.45. The van der Waals surface area contributed by atoms with Crippen LogP contribution in [-0.2, 0) is 0 Å². The summed E-state index contributed by atoms with van der Waals surface area (Å²) in [7, 11) is 0. The molecule has 3 aromatic heterocycles. The van der Waals surface area contributed by atoms with Crippen molar-refractivity contribution >= 4 is 33.3 Å². The average molecular weight is 404 g/mol.